The fraction of sp³-hybridized carbons (Fsp3) is 0.200. The zero-order valence-electron chi connectivity index (χ0n) is 12.2. The molecule has 1 amide bonds. The van der Waals surface area contributed by atoms with Crippen LogP contribution in [0.3, 0.4) is 0 Å². The molecule has 0 aliphatic carbocycles. The van der Waals surface area contributed by atoms with Crippen LogP contribution in [0, 0.1) is 10.1 Å². The molecule has 0 unspecified atom stereocenters. The van der Waals surface area contributed by atoms with Crippen molar-refractivity contribution in [1.82, 2.24) is 0 Å². The molecule has 23 heavy (non-hydrogen) atoms. The molecule has 0 bridgehead atoms. The van der Waals surface area contributed by atoms with Gasteiger partial charge in [0.25, 0.3) is 5.69 Å². The van der Waals surface area contributed by atoms with Crippen LogP contribution in [0.15, 0.2) is 30.3 Å². The molecule has 2 aromatic rings. The number of anilines is 1. The molecule has 0 aliphatic heterocycles. The number of hydrogen-bond donors (Lipinski definition) is 2. The number of nitrogens with one attached hydrogen (secondary N) is 1. The lowest BCUT2D eigenvalue weighted by Gasteiger charge is -2.12. The lowest BCUT2D eigenvalue weighted by molar-refractivity contribution is -0.385. The number of carboxylic acid groups (broad SMARTS) is 1. The summed E-state index contributed by atoms with van der Waals surface area (Å²) in [6, 6.07) is 7.71. The van der Waals surface area contributed by atoms with Crippen LogP contribution in [0.4, 0.5) is 16.2 Å². The molecule has 0 saturated heterocycles. The Kier molecular flexibility index (Phi) is 4.75. The Morgan fingerprint density at radius 2 is 1.96 bits per heavy atom. The van der Waals surface area contributed by atoms with E-state index in [1.807, 2.05) is 0 Å². The van der Waals surface area contributed by atoms with Gasteiger partial charge >= 0.3 is 12.1 Å². The zero-order chi connectivity index (χ0) is 17.0. The van der Waals surface area contributed by atoms with Gasteiger partial charge in [-0.25, -0.2) is 4.79 Å². The molecule has 2 N–H and O–H groups in total. The lowest BCUT2D eigenvalue weighted by atomic mass is 9.98. The molecule has 0 heterocycles. The quantitative estimate of drug-likeness (QED) is 0.646. The first-order valence-corrected chi connectivity index (χ1v) is 6.78. The van der Waals surface area contributed by atoms with E-state index in [9.17, 15) is 19.7 Å². The molecule has 0 fully saturated rings. The topological polar surface area (TPSA) is 119 Å². The molecule has 120 valence electrons. The van der Waals surface area contributed by atoms with Crippen molar-refractivity contribution in [2.75, 3.05) is 11.9 Å². The van der Waals surface area contributed by atoms with Crippen LogP contribution in [0.1, 0.15) is 12.5 Å². The SMILES string of the molecule is CCOC(=O)Nc1cc([N+](=O)[O-])c(CC(=O)O)c2ccccc12. The van der Waals surface area contributed by atoms with E-state index in [1.165, 1.54) is 0 Å². The highest BCUT2D eigenvalue weighted by Crippen LogP contribution is 2.34. The van der Waals surface area contributed by atoms with Gasteiger partial charge in [0.2, 0.25) is 0 Å². The third-order valence-electron chi connectivity index (χ3n) is 3.17. The number of carbonyl (C=O) groups excluding carboxylic acids is 1. The maximum Gasteiger partial charge on any atom is 0.411 e. The van der Waals surface area contributed by atoms with Crippen LogP contribution in [-0.4, -0.2) is 28.7 Å². The van der Waals surface area contributed by atoms with Gasteiger partial charge in [-0.05, 0) is 12.3 Å². The van der Waals surface area contributed by atoms with Crippen molar-refractivity contribution in [2.45, 2.75) is 13.3 Å². The molecule has 2 aromatic carbocycles. The minimum absolute atomic E-state index is 0.0903. The van der Waals surface area contributed by atoms with Crippen molar-refractivity contribution in [2.24, 2.45) is 0 Å². The summed E-state index contributed by atoms with van der Waals surface area (Å²) in [6.07, 6.45) is -1.23. The van der Waals surface area contributed by atoms with Crippen LogP contribution in [0.5, 0.6) is 0 Å². The summed E-state index contributed by atoms with van der Waals surface area (Å²) >= 11 is 0. The van der Waals surface area contributed by atoms with Gasteiger partial charge in [0.1, 0.15) is 0 Å². The third-order valence-corrected chi connectivity index (χ3v) is 3.17. The van der Waals surface area contributed by atoms with Crippen molar-refractivity contribution in [3.63, 3.8) is 0 Å². The third kappa shape index (κ3) is 3.54. The molecular weight excluding hydrogens is 304 g/mol. The van der Waals surface area contributed by atoms with Crippen LogP contribution >= 0.6 is 0 Å². The second-order valence-electron chi connectivity index (χ2n) is 4.64. The first-order chi connectivity index (χ1) is 10.9. The summed E-state index contributed by atoms with van der Waals surface area (Å²) in [7, 11) is 0. The molecule has 8 nitrogen and oxygen atoms in total. The summed E-state index contributed by atoms with van der Waals surface area (Å²) in [5.41, 5.74) is -0.0784. The van der Waals surface area contributed by atoms with Crippen molar-refractivity contribution < 1.29 is 24.4 Å². The van der Waals surface area contributed by atoms with E-state index < -0.39 is 23.4 Å². The fourth-order valence-electron chi connectivity index (χ4n) is 2.30. The van der Waals surface area contributed by atoms with Gasteiger partial charge in [0.15, 0.2) is 0 Å². The van der Waals surface area contributed by atoms with Gasteiger partial charge in [0, 0.05) is 17.0 Å². The number of hydrogen-bond acceptors (Lipinski definition) is 5. The Morgan fingerprint density at radius 3 is 2.52 bits per heavy atom. The number of carbonyl (C=O) groups is 2. The van der Waals surface area contributed by atoms with Crippen LogP contribution < -0.4 is 5.32 Å². The number of benzene rings is 2. The van der Waals surface area contributed by atoms with E-state index in [0.717, 1.165) is 6.07 Å². The number of nitro benzene ring substituents is 1. The predicted octanol–water partition coefficient (Wildman–Crippen LogP) is 2.94. The number of nitrogens with zero attached hydrogens (tertiary/aromatic N) is 1. The van der Waals surface area contributed by atoms with Crippen LogP contribution in [0.25, 0.3) is 10.8 Å². The molecule has 8 heteroatoms. The molecule has 2 rings (SSSR count). The molecule has 0 aromatic heterocycles. The lowest BCUT2D eigenvalue weighted by Crippen LogP contribution is -2.14. The molecular formula is C15H14N2O6. The highest BCUT2D eigenvalue weighted by Gasteiger charge is 2.22. The second-order valence-corrected chi connectivity index (χ2v) is 4.64. The van der Waals surface area contributed by atoms with Crippen molar-refractivity contribution in [3.05, 3.63) is 46.0 Å². The van der Waals surface area contributed by atoms with Gasteiger partial charge in [0.05, 0.1) is 23.6 Å². The summed E-state index contributed by atoms with van der Waals surface area (Å²) in [4.78, 5) is 33.2. The molecule has 0 atom stereocenters. The normalized spacial score (nSPS) is 10.3. The summed E-state index contributed by atoms with van der Waals surface area (Å²) in [5, 5.41) is 23.6. The Bertz CT molecular complexity index is 787. The average molecular weight is 318 g/mol. The Morgan fingerprint density at radius 1 is 1.30 bits per heavy atom. The standard InChI is InChI=1S/C15H14N2O6/c1-2-23-15(20)16-12-8-13(17(21)22)11(7-14(18)19)9-5-3-4-6-10(9)12/h3-6,8H,2,7H2,1H3,(H,16,20)(H,18,19). The summed E-state index contributed by atoms with van der Waals surface area (Å²) in [6.45, 7) is 1.79. The Hall–Kier alpha value is -3.16. The number of amides is 1. The highest BCUT2D eigenvalue weighted by molar-refractivity contribution is 6.04. The highest BCUT2D eigenvalue weighted by atomic mass is 16.6. The summed E-state index contributed by atoms with van der Waals surface area (Å²) < 4.78 is 4.78. The van der Waals surface area contributed by atoms with Gasteiger partial charge in [-0.15, -0.1) is 0 Å². The minimum Gasteiger partial charge on any atom is -0.481 e. The molecule has 0 radical (unpaired) electrons. The fourth-order valence-corrected chi connectivity index (χ4v) is 2.30. The first-order valence-electron chi connectivity index (χ1n) is 6.78. The number of ether oxygens (including phenoxy) is 1. The number of rotatable bonds is 5. The zero-order valence-corrected chi connectivity index (χ0v) is 12.2. The number of nitro groups is 1. The maximum absolute atomic E-state index is 11.6. The van der Waals surface area contributed by atoms with Crippen molar-refractivity contribution >= 4 is 34.2 Å². The van der Waals surface area contributed by atoms with Gasteiger partial charge < -0.3 is 9.84 Å². The van der Waals surface area contributed by atoms with Crippen LogP contribution in [0.2, 0.25) is 0 Å². The number of carboxylic acids is 1. The Labute approximate surface area is 130 Å². The van der Waals surface area contributed by atoms with Crippen LogP contribution in [-0.2, 0) is 16.0 Å². The van der Waals surface area contributed by atoms with Gasteiger partial charge in [-0.1, -0.05) is 24.3 Å². The first kappa shape index (κ1) is 16.2. The predicted molar refractivity (Wildman–Crippen MR) is 82.6 cm³/mol. The van der Waals surface area contributed by atoms with E-state index >= 15 is 0 Å². The van der Waals surface area contributed by atoms with E-state index in [0.29, 0.717) is 10.8 Å². The molecule has 0 spiro atoms. The van der Waals surface area contributed by atoms with E-state index in [4.69, 9.17) is 9.84 Å². The Balaban J connectivity index is 2.67. The number of aliphatic carboxylic acids is 1. The average Bonchev–Trinajstić information content (AvgIpc) is 2.49. The number of fused-ring (bicyclic) bond motifs is 1. The minimum atomic E-state index is -1.18. The smallest absolute Gasteiger partial charge is 0.411 e. The summed E-state index contributed by atoms with van der Waals surface area (Å²) in [5.74, 6) is -1.18. The molecule has 0 saturated carbocycles. The largest absolute Gasteiger partial charge is 0.481 e. The van der Waals surface area contributed by atoms with E-state index in [2.05, 4.69) is 5.32 Å². The van der Waals surface area contributed by atoms with Crippen molar-refractivity contribution in [1.29, 1.82) is 0 Å². The van der Waals surface area contributed by atoms with Gasteiger partial charge in [-0.3, -0.25) is 20.2 Å². The maximum atomic E-state index is 11.6. The molecule has 0 aliphatic rings. The second kappa shape index (κ2) is 6.73. The van der Waals surface area contributed by atoms with E-state index in [1.54, 1.807) is 31.2 Å². The van der Waals surface area contributed by atoms with Gasteiger partial charge in [-0.2, -0.15) is 0 Å². The van der Waals surface area contributed by atoms with Crippen molar-refractivity contribution in [3.8, 4) is 0 Å². The monoisotopic (exact) mass is 318 g/mol. The van der Waals surface area contributed by atoms with E-state index in [-0.39, 0.29) is 23.5 Å².